The van der Waals surface area contributed by atoms with Gasteiger partial charge >= 0.3 is 0 Å². The van der Waals surface area contributed by atoms with Crippen LogP contribution >= 0.6 is 0 Å². The van der Waals surface area contributed by atoms with E-state index in [4.69, 9.17) is 4.74 Å². The van der Waals surface area contributed by atoms with Crippen molar-refractivity contribution in [3.05, 3.63) is 47.3 Å². The van der Waals surface area contributed by atoms with E-state index < -0.39 is 0 Å². The number of hydrogen-bond donors (Lipinski definition) is 0. The number of benzene rings is 1. The minimum Gasteiger partial charge on any atom is -0.496 e. The summed E-state index contributed by atoms with van der Waals surface area (Å²) in [6, 6.07) is 7.74. The maximum atomic E-state index is 11.1. The van der Waals surface area contributed by atoms with Crippen molar-refractivity contribution >= 4 is 6.29 Å². The van der Waals surface area contributed by atoms with Gasteiger partial charge in [-0.1, -0.05) is 6.07 Å². The zero-order valence-corrected chi connectivity index (χ0v) is 10.7. The SMILES string of the molecule is COc1c(C)cc(-c2cccnc2C)cc1C=O. The molecule has 1 aromatic carbocycles. The summed E-state index contributed by atoms with van der Waals surface area (Å²) >= 11 is 0. The lowest BCUT2D eigenvalue weighted by Gasteiger charge is -2.11. The van der Waals surface area contributed by atoms with Crippen molar-refractivity contribution in [1.29, 1.82) is 0 Å². The Labute approximate surface area is 106 Å². The molecule has 0 unspecified atom stereocenters. The third-order valence-corrected chi connectivity index (χ3v) is 2.95. The quantitative estimate of drug-likeness (QED) is 0.775. The number of aldehydes is 1. The topological polar surface area (TPSA) is 39.2 Å². The summed E-state index contributed by atoms with van der Waals surface area (Å²) in [7, 11) is 1.57. The largest absolute Gasteiger partial charge is 0.496 e. The van der Waals surface area contributed by atoms with Crippen LogP contribution in [0.2, 0.25) is 0 Å². The van der Waals surface area contributed by atoms with E-state index in [1.165, 1.54) is 0 Å². The van der Waals surface area contributed by atoms with E-state index in [9.17, 15) is 4.79 Å². The van der Waals surface area contributed by atoms with Crippen molar-refractivity contribution in [1.82, 2.24) is 4.98 Å². The Bertz CT molecular complexity index is 591. The molecule has 0 bridgehead atoms. The standard InChI is InChI=1S/C15H15NO2/c1-10-7-12(8-13(9-17)15(10)18-3)14-5-4-6-16-11(14)2/h4-9H,1-3H3. The first-order valence-corrected chi connectivity index (χ1v) is 5.73. The van der Waals surface area contributed by atoms with E-state index in [-0.39, 0.29) is 0 Å². The number of carbonyl (C=O) groups is 1. The van der Waals surface area contributed by atoms with Gasteiger partial charge in [0, 0.05) is 17.5 Å². The molecule has 3 nitrogen and oxygen atoms in total. The predicted molar refractivity (Wildman–Crippen MR) is 71.1 cm³/mol. The molecule has 0 fully saturated rings. The van der Waals surface area contributed by atoms with Crippen LogP contribution in [-0.4, -0.2) is 18.4 Å². The predicted octanol–water partition coefficient (Wildman–Crippen LogP) is 3.19. The molecular weight excluding hydrogens is 226 g/mol. The average Bonchev–Trinajstić information content (AvgIpc) is 2.38. The smallest absolute Gasteiger partial charge is 0.153 e. The highest BCUT2D eigenvalue weighted by Gasteiger charge is 2.10. The fourth-order valence-corrected chi connectivity index (χ4v) is 2.11. The number of nitrogens with zero attached hydrogens (tertiary/aromatic N) is 1. The molecule has 0 N–H and O–H groups in total. The van der Waals surface area contributed by atoms with Gasteiger partial charge in [-0.2, -0.15) is 0 Å². The molecule has 0 spiro atoms. The van der Waals surface area contributed by atoms with Gasteiger partial charge in [-0.15, -0.1) is 0 Å². The van der Waals surface area contributed by atoms with Crippen LogP contribution < -0.4 is 4.74 Å². The van der Waals surface area contributed by atoms with Gasteiger partial charge in [0.2, 0.25) is 0 Å². The van der Waals surface area contributed by atoms with Gasteiger partial charge in [0.05, 0.1) is 12.7 Å². The molecule has 2 aromatic rings. The maximum Gasteiger partial charge on any atom is 0.153 e. The Morgan fingerprint density at radius 1 is 1.28 bits per heavy atom. The molecule has 1 heterocycles. The number of hydrogen-bond acceptors (Lipinski definition) is 3. The molecule has 0 amide bonds. The molecule has 0 aliphatic heterocycles. The second kappa shape index (κ2) is 5.00. The summed E-state index contributed by atoms with van der Waals surface area (Å²) in [4.78, 5) is 15.4. The van der Waals surface area contributed by atoms with Gasteiger partial charge in [-0.25, -0.2) is 0 Å². The molecule has 0 aliphatic carbocycles. The normalized spacial score (nSPS) is 10.2. The molecule has 0 saturated carbocycles. The highest BCUT2D eigenvalue weighted by Crippen LogP contribution is 2.30. The molecular formula is C15H15NO2. The van der Waals surface area contributed by atoms with Crippen molar-refractivity contribution in [3.8, 4) is 16.9 Å². The van der Waals surface area contributed by atoms with E-state index in [1.54, 1.807) is 13.3 Å². The minimum absolute atomic E-state index is 0.566. The number of rotatable bonds is 3. The molecule has 92 valence electrons. The molecule has 18 heavy (non-hydrogen) atoms. The van der Waals surface area contributed by atoms with Crippen molar-refractivity contribution < 1.29 is 9.53 Å². The van der Waals surface area contributed by atoms with Gasteiger partial charge in [0.1, 0.15) is 5.75 Å². The van der Waals surface area contributed by atoms with Crippen molar-refractivity contribution in [2.45, 2.75) is 13.8 Å². The Morgan fingerprint density at radius 2 is 2.06 bits per heavy atom. The lowest BCUT2D eigenvalue weighted by Crippen LogP contribution is -1.96. The van der Waals surface area contributed by atoms with Crippen LogP contribution in [-0.2, 0) is 0 Å². The van der Waals surface area contributed by atoms with E-state index in [0.717, 1.165) is 28.7 Å². The number of aryl methyl sites for hydroxylation is 2. The van der Waals surface area contributed by atoms with Gasteiger partial charge in [-0.3, -0.25) is 9.78 Å². The number of aromatic nitrogens is 1. The Kier molecular flexibility index (Phi) is 3.42. The third-order valence-electron chi connectivity index (χ3n) is 2.95. The third kappa shape index (κ3) is 2.12. The molecule has 0 atom stereocenters. The van der Waals surface area contributed by atoms with E-state index in [1.807, 2.05) is 38.1 Å². The Morgan fingerprint density at radius 3 is 2.67 bits per heavy atom. The lowest BCUT2D eigenvalue weighted by molar-refractivity contribution is 0.112. The maximum absolute atomic E-state index is 11.1. The number of ether oxygens (including phenoxy) is 1. The zero-order valence-electron chi connectivity index (χ0n) is 10.7. The first-order chi connectivity index (χ1) is 8.67. The fraction of sp³-hybridized carbons (Fsp3) is 0.200. The monoisotopic (exact) mass is 241 g/mol. The first-order valence-electron chi connectivity index (χ1n) is 5.73. The van der Waals surface area contributed by atoms with E-state index in [2.05, 4.69) is 4.98 Å². The second-order valence-electron chi connectivity index (χ2n) is 4.17. The summed E-state index contributed by atoms with van der Waals surface area (Å²) < 4.78 is 5.24. The van der Waals surface area contributed by atoms with Crippen molar-refractivity contribution in [2.75, 3.05) is 7.11 Å². The Balaban J connectivity index is 2.64. The van der Waals surface area contributed by atoms with Gasteiger partial charge < -0.3 is 4.74 Å². The summed E-state index contributed by atoms with van der Waals surface area (Å²) in [6.07, 6.45) is 2.58. The van der Waals surface area contributed by atoms with Crippen molar-refractivity contribution in [3.63, 3.8) is 0 Å². The van der Waals surface area contributed by atoms with Crippen LogP contribution in [0.15, 0.2) is 30.5 Å². The summed E-state index contributed by atoms with van der Waals surface area (Å²) in [5.74, 6) is 0.635. The summed E-state index contributed by atoms with van der Waals surface area (Å²) in [6.45, 7) is 3.89. The minimum atomic E-state index is 0.566. The van der Waals surface area contributed by atoms with Gasteiger partial charge in [-0.05, 0) is 43.2 Å². The zero-order chi connectivity index (χ0) is 13.1. The summed E-state index contributed by atoms with van der Waals surface area (Å²) in [5.41, 5.74) is 4.47. The lowest BCUT2D eigenvalue weighted by atomic mass is 9.99. The van der Waals surface area contributed by atoms with Gasteiger partial charge in [0.25, 0.3) is 0 Å². The van der Waals surface area contributed by atoms with E-state index >= 15 is 0 Å². The van der Waals surface area contributed by atoms with Crippen LogP contribution in [0.1, 0.15) is 21.6 Å². The molecule has 3 heteroatoms. The van der Waals surface area contributed by atoms with Crippen LogP contribution in [0.25, 0.3) is 11.1 Å². The second-order valence-corrected chi connectivity index (χ2v) is 4.17. The number of carbonyl (C=O) groups excluding carboxylic acids is 1. The molecule has 2 rings (SSSR count). The van der Waals surface area contributed by atoms with Gasteiger partial charge in [0.15, 0.2) is 6.29 Å². The average molecular weight is 241 g/mol. The summed E-state index contributed by atoms with van der Waals surface area (Å²) in [5, 5.41) is 0. The fourth-order valence-electron chi connectivity index (χ4n) is 2.11. The number of methoxy groups -OCH3 is 1. The molecule has 0 radical (unpaired) electrons. The molecule has 1 aromatic heterocycles. The number of pyridine rings is 1. The highest BCUT2D eigenvalue weighted by atomic mass is 16.5. The van der Waals surface area contributed by atoms with Crippen LogP contribution in [0.4, 0.5) is 0 Å². The van der Waals surface area contributed by atoms with Crippen LogP contribution in [0, 0.1) is 13.8 Å². The molecule has 0 aliphatic rings. The van der Waals surface area contributed by atoms with Crippen LogP contribution in [0.5, 0.6) is 5.75 Å². The molecule has 0 saturated heterocycles. The van der Waals surface area contributed by atoms with Crippen LogP contribution in [0.3, 0.4) is 0 Å². The Hall–Kier alpha value is -2.16. The van der Waals surface area contributed by atoms with E-state index in [0.29, 0.717) is 11.3 Å². The highest BCUT2D eigenvalue weighted by molar-refractivity contribution is 5.84. The first kappa shape index (κ1) is 12.3. The van der Waals surface area contributed by atoms with Crippen molar-refractivity contribution in [2.24, 2.45) is 0 Å².